The first-order chi connectivity index (χ1) is 24.9. The number of carbonyl (C=O) groups excluding carboxylic acids is 1. The topological polar surface area (TPSA) is 63.2 Å². The van der Waals surface area contributed by atoms with E-state index in [1.807, 2.05) is 0 Å². The molecule has 276 valence electrons. The van der Waals surface area contributed by atoms with Crippen molar-refractivity contribution in [3.63, 3.8) is 0 Å². The molecule has 0 radical (unpaired) electrons. The summed E-state index contributed by atoms with van der Waals surface area (Å²) in [5.74, 6) is -0.897. The number of ether oxygens (including phenoxy) is 3. The van der Waals surface area contributed by atoms with Crippen molar-refractivity contribution in [2.75, 3.05) is 26.9 Å². The highest BCUT2D eigenvalue weighted by molar-refractivity contribution is 7.00. The van der Waals surface area contributed by atoms with Gasteiger partial charge in [0.05, 0.1) is 19.8 Å². The Morgan fingerprint density at radius 1 is 0.615 bits per heavy atom. The highest BCUT2D eigenvalue weighted by Crippen LogP contribution is 2.46. The Morgan fingerprint density at radius 2 is 0.981 bits per heavy atom. The van der Waals surface area contributed by atoms with E-state index in [0.717, 1.165) is 6.42 Å². The number of rotatable bonds is 13. The first-order valence-electron chi connectivity index (χ1n) is 18.8. The lowest BCUT2D eigenvalue weighted by molar-refractivity contribution is -0.192. The molecule has 6 nitrogen and oxygen atoms in total. The highest BCUT2D eigenvalue weighted by Gasteiger charge is 2.55. The molecule has 2 fully saturated rings. The van der Waals surface area contributed by atoms with Crippen LogP contribution in [0.1, 0.15) is 54.4 Å². The minimum absolute atomic E-state index is 0.0174. The van der Waals surface area contributed by atoms with Crippen LogP contribution in [-0.4, -0.2) is 61.9 Å². The molecule has 0 saturated carbocycles. The number of hydrogen-bond donors (Lipinski definition) is 0. The van der Waals surface area contributed by atoms with E-state index in [0.29, 0.717) is 26.2 Å². The van der Waals surface area contributed by atoms with Crippen LogP contribution in [0, 0.1) is 17.8 Å². The van der Waals surface area contributed by atoms with Gasteiger partial charge in [0.2, 0.25) is 0 Å². The summed E-state index contributed by atoms with van der Waals surface area (Å²) >= 11 is 0. The summed E-state index contributed by atoms with van der Waals surface area (Å²) in [6, 6.07) is 42.9. The van der Waals surface area contributed by atoms with Crippen LogP contribution in [0.5, 0.6) is 0 Å². The van der Waals surface area contributed by atoms with Crippen molar-refractivity contribution in [1.82, 2.24) is 0 Å². The van der Waals surface area contributed by atoms with Gasteiger partial charge in [-0.15, -0.1) is 0 Å². The number of methoxy groups -OCH3 is 1. The zero-order chi connectivity index (χ0) is 37.0. The van der Waals surface area contributed by atoms with Gasteiger partial charge >= 0.3 is 5.97 Å². The van der Waals surface area contributed by atoms with Crippen LogP contribution in [0.4, 0.5) is 0 Å². The van der Waals surface area contributed by atoms with Gasteiger partial charge in [-0.2, -0.15) is 0 Å². The van der Waals surface area contributed by atoms with Crippen LogP contribution in [0.3, 0.4) is 0 Å². The van der Waals surface area contributed by atoms with Gasteiger partial charge in [-0.3, -0.25) is 4.79 Å². The quantitative estimate of drug-likeness (QED) is 0.113. The zero-order valence-corrected chi connectivity index (χ0v) is 33.9. The Morgan fingerprint density at radius 3 is 1.33 bits per heavy atom. The fourth-order valence-electron chi connectivity index (χ4n) is 9.03. The molecular weight excluding hydrogens is 681 g/mol. The van der Waals surface area contributed by atoms with Crippen LogP contribution in [0.2, 0.25) is 10.1 Å². The van der Waals surface area contributed by atoms with E-state index in [1.165, 1.54) is 27.9 Å². The molecule has 4 aromatic rings. The average molecular weight is 737 g/mol. The van der Waals surface area contributed by atoms with Crippen molar-refractivity contribution in [2.24, 2.45) is 17.8 Å². The third-order valence-electron chi connectivity index (χ3n) is 11.4. The number of carbonyl (C=O) groups is 1. The number of benzene rings is 4. The Hall–Kier alpha value is -3.38. The van der Waals surface area contributed by atoms with Crippen LogP contribution < -0.4 is 20.7 Å². The summed E-state index contributed by atoms with van der Waals surface area (Å²) in [5.41, 5.74) is 0. The smallest absolute Gasteiger partial charge is 0.314 e. The minimum atomic E-state index is -2.78. The predicted molar refractivity (Wildman–Crippen MR) is 213 cm³/mol. The second kappa shape index (κ2) is 15.9. The molecule has 2 saturated heterocycles. The van der Waals surface area contributed by atoms with Gasteiger partial charge in [0.1, 0.15) is 5.92 Å². The van der Waals surface area contributed by atoms with E-state index in [4.69, 9.17) is 23.1 Å². The third kappa shape index (κ3) is 7.26. The van der Waals surface area contributed by atoms with Gasteiger partial charge in [-0.25, -0.2) is 0 Å². The molecule has 6 rings (SSSR count). The number of hydrogen-bond acceptors (Lipinski definition) is 6. The molecule has 0 spiro atoms. The van der Waals surface area contributed by atoms with Crippen molar-refractivity contribution in [3.05, 3.63) is 121 Å². The van der Waals surface area contributed by atoms with E-state index < -0.39 is 28.8 Å². The standard InChI is InChI=1S/C44H56O6Si2/c1-43(2,3)51(33-20-12-8-13-21-33,34-22-14-9-15-23-34)48-30-28-37-38(40(41(45)46-7)42-47-32-39(37)50-42)29-31-49-52(44(4,5)6,35-24-16-10-17-25-35)36-26-18-11-19-27-36/h8-27,37-40,42H,28-32H2,1-7H3/t37-,38+,39+,40-,42+/m0/s1. The number of fused-ring (bicyclic) bond motifs is 2. The number of esters is 1. The molecule has 0 N–H and O–H groups in total. The van der Waals surface area contributed by atoms with E-state index in [9.17, 15) is 4.79 Å². The first-order valence-corrected chi connectivity index (χ1v) is 22.6. The molecule has 0 amide bonds. The van der Waals surface area contributed by atoms with Crippen molar-refractivity contribution >= 4 is 43.4 Å². The van der Waals surface area contributed by atoms with Crippen molar-refractivity contribution < 1.29 is 27.9 Å². The average Bonchev–Trinajstić information content (AvgIpc) is 3.57. The Bertz CT molecular complexity index is 1640. The normalized spacial score (nSPS) is 22.2. The predicted octanol–water partition coefficient (Wildman–Crippen LogP) is 6.70. The van der Waals surface area contributed by atoms with Crippen molar-refractivity contribution in [3.8, 4) is 0 Å². The van der Waals surface area contributed by atoms with Gasteiger partial charge < -0.3 is 23.1 Å². The molecule has 5 atom stereocenters. The maximum absolute atomic E-state index is 13.6. The largest absolute Gasteiger partial charge is 0.469 e. The molecule has 0 unspecified atom stereocenters. The monoisotopic (exact) mass is 736 g/mol. The van der Waals surface area contributed by atoms with Gasteiger partial charge in [-0.1, -0.05) is 163 Å². The molecule has 2 aliphatic heterocycles. The van der Waals surface area contributed by atoms with Crippen molar-refractivity contribution in [1.29, 1.82) is 0 Å². The summed E-state index contributed by atoms with van der Waals surface area (Å²) in [6.45, 7) is 15.3. The molecule has 2 bridgehead atoms. The Labute approximate surface area is 313 Å². The fourth-order valence-corrected chi connectivity index (χ4v) is 18.2. The maximum atomic E-state index is 13.6. The summed E-state index contributed by atoms with van der Waals surface area (Å²) in [7, 11) is -4.07. The lowest BCUT2D eigenvalue weighted by Crippen LogP contribution is -2.67. The summed E-state index contributed by atoms with van der Waals surface area (Å²) in [4.78, 5) is 13.6. The van der Waals surface area contributed by atoms with Crippen LogP contribution in [0.25, 0.3) is 0 Å². The second-order valence-corrected chi connectivity index (χ2v) is 25.0. The van der Waals surface area contributed by atoms with Crippen LogP contribution >= 0.6 is 0 Å². The molecule has 0 aromatic heterocycles. The fraction of sp³-hybridized carbons (Fsp3) is 0.432. The lowest BCUT2D eigenvalue weighted by Gasteiger charge is -2.45. The molecule has 8 heteroatoms. The summed E-state index contributed by atoms with van der Waals surface area (Å²) < 4.78 is 32.8. The summed E-state index contributed by atoms with van der Waals surface area (Å²) in [5, 5.41) is 4.68. The Kier molecular flexibility index (Phi) is 11.7. The second-order valence-electron chi connectivity index (χ2n) is 16.4. The third-order valence-corrected chi connectivity index (χ3v) is 21.4. The van der Waals surface area contributed by atoms with E-state index in [-0.39, 0.29) is 34.0 Å². The zero-order valence-electron chi connectivity index (χ0n) is 31.9. The lowest BCUT2D eigenvalue weighted by atomic mass is 9.73. The molecule has 2 aliphatic rings. The van der Waals surface area contributed by atoms with E-state index >= 15 is 0 Å². The first kappa shape index (κ1) is 38.4. The van der Waals surface area contributed by atoms with Gasteiger partial charge in [0, 0.05) is 13.2 Å². The maximum Gasteiger partial charge on any atom is 0.314 e. The minimum Gasteiger partial charge on any atom is -0.469 e. The molecule has 4 aromatic carbocycles. The molecule has 0 aliphatic carbocycles. The van der Waals surface area contributed by atoms with Gasteiger partial charge in [-0.05, 0) is 55.5 Å². The SMILES string of the molecule is COC(=O)[C@H]1[C@@H]2OC[C@@H](O2)[C@@H](CCO[Si](c2ccccc2)(c2ccccc2)C(C)(C)C)[C@H]1CCO[Si](c1ccccc1)(c1ccccc1)C(C)(C)C. The highest BCUT2D eigenvalue weighted by atomic mass is 28.4. The van der Waals surface area contributed by atoms with Crippen LogP contribution in [0.15, 0.2) is 121 Å². The molecule has 2 heterocycles. The Balaban J connectivity index is 1.32. The summed E-state index contributed by atoms with van der Waals surface area (Å²) in [6.07, 6.45) is 0.645. The van der Waals surface area contributed by atoms with E-state index in [1.54, 1.807) is 0 Å². The van der Waals surface area contributed by atoms with Gasteiger partial charge in [0.15, 0.2) is 6.29 Å². The van der Waals surface area contributed by atoms with Crippen molar-refractivity contribution in [2.45, 2.75) is 76.9 Å². The molecular formula is C44H56O6Si2. The van der Waals surface area contributed by atoms with E-state index in [2.05, 4.69) is 163 Å². The molecule has 52 heavy (non-hydrogen) atoms. The van der Waals surface area contributed by atoms with Gasteiger partial charge in [0.25, 0.3) is 16.6 Å². The van der Waals surface area contributed by atoms with Crippen LogP contribution in [-0.2, 0) is 27.9 Å².